The van der Waals surface area contributed by atoms with Gasteiger partial charge in [0, 0.05) is 124 Å². The molecule has 5 radical (unpaired) electrons. The molecule has 0 unspecified atom stereocenters. The van der Waals surface area contributed by atoms with E-state index in [-0.39, 0.29) is 124 Å². The second kappa shape index (κ2) is 18.0. The molecule has 0 rings (SSSR count). The number of hydrogen-bond acceptors (Lipinski definition) is 0. The van der Waals surface area contributed by atoms with Gasteiger partial charge in [0.1, 0.15) is 0 Å². The average molecular weight is 693 g/mol. The molecule has 0 heterocycles. The van der Waals surface area contributed by atoms with Crippen molar-refractivity contribution < 1.29 is 0 Å². The molecule has 7 heteroatoms. The monoisotopic (exact) mass is 694 g/mol. The molecule has 0 atom stereocenters. The maximum atomic E-state index is 2.32. The van der Waals surface area contributed by atoms with E-state index < -0.39 is 0 Å². The normalized spacial score (nSPS) is 3.86. The third kappa shape index (κ3) is 33.1. The molecule has 0 fully saturated rings. The Kier molecular flexibility index (Phi) is 59.8. The van der Waals surface area contributed by atoms with Gasteiger partial charge in [-0.15, -0.1) is 67.1 Å². The smallest absolute Gasteiger partial charge is 0.118 e. The number of hydrogen-bond donors (Lipinski definition) is 0. The van der Waals surface area contributed by atoms with Gasteiger partial charge in [0.2, 0.25) is 0 Å². The summed E-state index contributed by atoms with van der Waals surface area (Å²) in [5.74, 6) is 0. The molecule has 7 heavy (non-hydrogen) atoms. The molecule has 0 saturated carbocycles. The summed E-state index contributed by atoms with van der Waals surface area (Å²) >= 11 is 6.95. The van der Waals surface area contributed by atoms with Crippen LogP contribution in [0.4, 0.5) is 0 Å². The van der Waals surface area contributed by atoms with Gasteiger partial charge >= 0.3 is 0.282 Å². The first-order chi connectivity index (χ1) is 1.73. The summed E-state index contributed by atoms with van der Waals surface area (Å²) in [6, 6.07) is 0. The summed E-state index contributed by atoms with van der Waals surface area (Å²) in [4.78, 5) is 0. The minimum absolute atomic E-state index is 0. The zero-order chi connectivity index (χ0) is 3.58. The van der Waals surface area contributed by atoms with Gasteiger partial charge in [-0.3, -0.25) is 0 Å². The zero-order valence-electron chi connectivity index (χ0n) is 3.83. The van der Waals surface area contributed by atoms with E-state index in [2.05, 4.69) is 67.1 Å². The fraction of sp³-hybridized carbons (Fsp3) is 0. The Morgan fingerprint density at radius 1 is 1.00 bits per heavy atom. The van der Waals surface area contributed by atoms with Crippen molar-refractivity contribution in [1.29, 1.82) is 0 Å². The third-order valence-electron chi connectivity index (χ3n) is 0. The van der Waals surface area contributed by atoms with Gasteiger partial charge in [-0.05, 0) is 0 Å². The van der Waals surface area contributed by atoms with Crippen LogP contribution in [-0.2, 0) is 0 Å². The van der Waals surface area contributed by atoms with Gasteiger partial charge in [0.25, 0.3) is 0 Å². The molecule has 0 amide bonds. The minimum atomic E-state index is 0. The van der Waals surface area contributed by atoms with E-state index in [1.54, 1.807) is 0 Å². The first-order valence-corrected chi connectivity index (χ1v) is 4.39. The molecule has 0 aromatic heterocycles. The second-order valence-corrected chi connectivity index (χ2v) is 11.1. The van der Waals surface area contributed by atoms with E-state index in [0.29, 0.717) is 0 Å². The predicted octanol–water partition coefficient (Wildman–Crippen LogP) is 1.13. The largest absolute Gasteiger partial charge is 0.355 e. The quantitative estimate of drug-likeness (QED) is 0.264. The van der Waals surface area contributed by atoms with Gasteiger partial charge in [-0.2, -0.15) is 0 Å². The molecule has 0 aromatic carbocycles. The third-order valence-corrected chi connectivity index (χ3v) is 0. The standard InChI is InChI=1S/BI3.Ba.Rb.Se/c2-1(3)4;;;. The van der Waals surface area contributed by atoms with E-state index >= 15 is 0 Å². The maximum absolute atomic E-state index is 2.32. The molecule has 33 valence electrons. The van der Waals surface area contributed by atoms with Crippen LogP contribution in [0.2, 0.25) is 0 Å². The Balaban J connectivity index is -0.0000000150. The van der Waals surface area contributed by atoms with Crippen LogP contribution >= 0.6 is 67.1 Å². The van der Waals surface area contributed by atoms with Crippen molar-refractivity contribution in [3.8, 4) is 0 Å². The molecule has 0 aliphatic rings. The van der Waals surface area contributed by atoms with Crippen molar-refractivity contribution in [1.82, 2.24) is 0 Å². The van der Waals surface area contributed by atoms with Crippen LogP contribution < -0.4 is 0 Å². The van der Waals surface area contributed by atoms with Crippen molar-refractivity contribution in [2.24, 2.45) is 0 Å². The van der Waals surface area contributed by atoms with E-state index in [4.69, 9.17) is 0 Å². The fourth-order valence-electron chi connectivity index (χ4n) is 0. The van der Waals surface area contributed by atoms with Crippen LogP contribution in [0.3, 0.4) is 0 Å². The summed E-state index contributed by atoms with van der Waals surface area (Å²) < 4.78 is 0.743. The van der Waals surface area contributed by atoms with Crippen molar-refractivity contribution in [3.05, 3.63) is 0 Å². The summed E-state index contributed by atoms with van der Waals surface area (Å²) in [6.07, 6.45) is 0. The van der Waals surface area contributed by atoms with E-state index in [1.165, 1.54) is 0 Å². The molecule has 0 spiro atoms. The average Bonchev–Trinajstić information content (AvgIpc) is 0.811. The van der Waals surface area contributed by atoms with E-state index in [1.807, 2.05) is 0 Å². The molecular weight excluding hydrogens is 693 g/mol. The molecule has 0 aliphatic carbocycles. The summed E-state index contributed by atoms with van der Waals surface area (Å²) in [6.45, 7) is 0. The Bertz CT molecular complexity index is 19.7. The summed E-state index contributed by atoms with van der Waals surface area (Å²) in [5.41, 5.74) is 0. The van der Waals surface area contributed by atoms with Crippen LogP contribution in [-0.4, -0.2) is 124 Å². The molecule has 0 saturated heterocycles. The maximum Gasteiger partial charge on any atom is 0.355 e. The number of halogens is 3. The van der Waals surface area contributed by atoms with Gasteiger partial charge in [-0.1, -0.05) is 0 Å². The van der Waals surface area contributed by atoms with Gasteiger partial charge in [-0.25, -0.2) is 0 Å². The molecule has 0 aromatic rings. The van der Waals surface area contributed by atoms with Crippen LogP contribution in [0.1, 0.15) is 0 Å². The molecule has 0 aliphatic heterocycles. The van der Waals surface area contributed by atoms with Crippen molar-refractivity contribution >= 4 is 192 Å². The topological polar surface area (TPSA) is 0 Å². The zero-order valence-corrected chi connectivity index (χ0v) is 21.4. The molecule has 0 nitrogen and oxygen atoms in total. The van der Waals surface area contributed by atoms with E-state index in [0.717, 1.165) is 0.282 Å². The fourth-order valence-corrected chi connectivity index (χ4v) is 0. The Hall–Kier alpha value is 6.15. The summed E-state index contributed by atoms with van der Waals surface area (Å²) in [5, 5.41) is 0. The minimum Gasteiger partial charge on any atom is -0.118 e. The SMILES string of the molecule is IB(I)I.[Ba].[Rb].[Se]. The Morgan fingerprint density at radius 2 is 1.00 bits per heavy atom. The van der Waals surface area contributed by atoms with Crippen molar-refractivity contribution in [2.75, 3.05) is 0 Å². The van der Waals surface area contributed by atoms with Crippen LogP contribution in [0.15, 0.2) is 0 Å². The molecule has 0 bridgehead atoms. The van der Waals surface area contributed by atoms with Crippen molar-refractivity contribution in [2.45, 2.75) is 0 Å². The van der Waals surface area contributed by atoms with Gasteiger partial charge in [0.05, 0.1) is 0 Å². The number of rotatable bonds is 0. The van der Waals surface area contributed by atoms with Crippen LogP contribution in [0, 0.1) is 0 Å². The summed E-state index contributed by atoms with van der Waals surface area (Å²) in [7, 11) is 0. The van der Waals surface area contributed by atoms with E-state index in [9.17, 15) is 0 Å². The first-order valence-electron chi connectivity index (χ1n) is 0.655. The van der Waals surface area contributed by atoms with Gasteiger partial charge in [0.15, 0.2) is 0 Å². The Morgan fingerprint density at radius 3 is 1.00 bits per heavy atom. The van der Waals surface area contributed by atoms with Crippen LogP contribution in [0.5, 0.6) is 0 Å². The predicted molar refractivity (Wildman–Crippen MR) is 65.1 cm³/mol. The first kappa shape index (κ1) is 23.2. The van der Waals surface area contributed by atoms with Crippen molar-refractivity contribution in [3.63, 3.8) is 0 Å². The van der Waals surface area contributed by atoms with Gasteiger partial charge < -0.3 is 0 Å². The second-order valence-electron chi connectivity index (χ2n) is 0.247. The Labute approximate surface area is 185 Å². The molecule has 0 N–H and O–H groups in total. The molecular formula is BBaI3RbSe. The van der Waals surface area contributed by atoms with Crippen LogP contribution in [0.25, 0.3) is 0 Å².